The van der Waals surface area contributed by atoms with Crippen molar-refractivity contribution in [1.82, 2.24) is 9.97 Å². The molecule has 1 aromatic heterocycles. The minimum Gasteiger partial charge on any atom is -0.474 e. The molecule has 0 radical (unpaired) electrons. The summed E-state index contributed by atoms with van der Waals surface area (Å²) >= 11 is 0. The molecule has 0 saturated carbocycles. The minimum absolute atomic E-state index is 0.189. The Balaban J connectivity index is 2.31. The number of ether oxygens (including phenoxy) is 1. The van der Waals surface area contributed by atoms with Crippen LogP contribution in [0.25, 0.3) is 0 Å². The van der Waals surface area contributed by atoms with Gasteiger partial charge < -0.3 is 10.5 Å². The van der Waals surface area contributed by atoms with E-state index in [1.165, 1.54) is 25.7 Å². The maximum atomic E-state index is 5.71. The molecule has 0 fully saturated rings. The van der Waals surface area contributed by atoms with Crippen LogP contribution in [-0.4, -0.2) is 16.1 Å². The minimum atomic E-state index is 0.189. The molecule has 0 amide bonds. The molecule has 1 atom stereocenters. The predicted molar refractivity (Wildman–Crippen MR) is 68.8 cm³/mol. The molecule has 1 rings (SSSR count). The molecule has 0 aromatic carbocycles. The molecule has 0 saturated heterocycles. The lowest BCUT2D eigenvalue weighted by molar-refractivity contribution is 0.197. The van der Waals surface area contributed by atoms with Crippen molar-refractivity contribution >= 4 is 0 Å². The van der Waals surface area contributed by atoms with E-state index in [9.17, 15) is 0 Å². The Kier molecular flexibility index (Phi) is 6.55. The first kappa shape index (κ1) is 13.9. The summed E-state index contributed by atoms with van der Waals surface area (Å²) in [5.74, 6) is 0.580. The van der Waals surface area contributed by atoms with Crippen molar-refractivity contribution in [2.45, 2.75) is 58.6 Å². The lowest BCUT2D eigenvalue weighted by atomic mass is 10.1. The van der Waals surface area contributed by atoms with Crippen LogP contribution in [0.2, 0.25) is 0 Å². The first-order valence-corrected chi connectivity index (χ1v) is 6.44. The van der Waals surface area contributed by atoms with Crippen molar-refractivity contribution in [1.29, 1.82) is 0 Å². The largest absolute Gasteiger partial charge is 0.474 e. The normalized spacial score (nSPS) is 12.4. The zero-order valence-electron chi connectivity index (χ0n) is 10.9. The Bertz CT molecular complexity index is 317. The average Bonchev–Trinajstić information content (AvgIpc) is 2.35. The lowest BCUT2D eigenvalue weighted by Gasteiger charge is -2.13. The lowest BCUT2D eigenvalue weighted by Crippen LogP contribution is -2.13. The predicted octanol–water partition coefficient (Wildman–Crippen LogP) is 2.67. The average molecular weight is 237 g/mol. The molecule has 0 spiro atoms. The van der Waals surface area contributed by atoms with Crippen LogP contribution < -0.4 is 10.5 Å². The van der Waals surface area contributed by atoms with Crippen molar-refractivity contribution in [2.75, 3.05) is 0 Å². The Labute approximate surface area is 104 Å². The van der Waals surface area contributed by atoms with Gasteiger partial charge in [-0.05, 0) is 19.8 Å². The van der Waals surface area contributed by atoms with Crippen molar-refractivity contribution in [2.24, 2.45) is 5.73 Å². The molecule has 0 aliphatic rings. The van der Waals surface area contributed by atoms with Gasteiger partial charge in [0.25, 0.3) is 0 Å². The molecule has 96 valence electrons. The summed E-state index contributed by atoms with van der Waals surface area (Å²) in [5.41, 5.74) is 6.27. The number of hydrogen-bond donors (Lipinski definition) is 1. The van der Waals surface area contributed by atoms with Gasteiger partial charge in [-0.3, -0.25) is 4.98 Å². The van der Waals surface area contributed by atoms with Gasteiger partial charge in [0.1, 0.15) is 0 Å². The summed E-state index contributed by atoms with van der Waals surface area (Å²) in [6.45, 7) is 4.69. The second kappa shape index (κ2) is 8.01. The monoisotopic (exact) mass is 237 g/mol. The van der Waals surface area contributed by atoms with Gasteiger partial charge in [-0.15, -0.1) is 0 Å². The molecule has 0 aliphatic heterocycles. The molecule has 2 N–H and O–H groups in total. The van der Waals surface area contributed by atoms with Gasteiger partial charge in [-0.2, -0.15) is 0 Å². The first-order valence-electron chi connectivity index (χ1n) is 6.44. The summed E-state index contributed by atoms with van der Waals surface area (Å²) in [7, 11) is 0. The highest BCUT2D eigenvalue weighted by Crippen LogP contribution is 2.12. The van der Waals surface area contributed by atoms with Crippen LogP contribution in [0.15, 0.2) is 12.4 Å². The van der Waals surface area contributed by atoms with Crippen molar-refractivity contribution < 1.29 is 4.74 Å². The third kappa shape index (κ3) is 5.63. The molecular formula is C13H23N3O. The number of nitrogens with zero attached hydrogens (tertiary/aromatic N) is 2. The van der Waals surface area contributed by atoms with Gasteiger partial charge in [-0.1, -0.05) is 26.2 Å². The Hall–Kier alpha value is -1.16. The van der Waals surface area contributed by atoms with E-state index in [1.807, 2.05) is 0 Å². The summed E-state index contributed by atoms with van der Waals surface area (Å²) in [5, 5.41) is 0. The molecule has 1 unspecified atom stereocenters. The van der Waals surface area contributed by atoms with E-state index in [-0.39, 0.29) is 6.10 Å². The number of hydrogen-bond acceptors (Lipinski definition) is 4. The zero-order valence-corrected chi connectivity index (χ0v) is 10.9. The molecule has 0 aliphatic carbocycles. The zero-order chi connectivity index (χ0) is 12.5. The highest BCUT2D eigenvalue weighted by molar-refractivity contribution is 5.08. The molecule has 4 heteroatoms. The molecule has 1 heterocycles. The molecule has 17 heavy (non-hydrogen) atoms. The van der Waals surface area contributed by atoms with Crippen LogP contribution in [-0.2, 0) is 6.54 Å². The number of aromatic nitrogens is 2. The molecule has 1 aromatic rings. The number of nitrogens with two attached hydrogens (primary N) is 1. The van der Waals surface area contributed by atoms with Gasteiger partial charge in [0.15, 0.2) is 0 Å². The van der Waals surface area contributed by atoms with E-state index < -0.39 is 0 Å². The van der Waals surface area contributed by atoms with Gasteiger partial charge in [-0.25, -0.2) is 4.98 Å². The van der Waals surface area contributed by atoms with Crippen LogP contribution in [0.4, 0.5) is 0 Å². The van der Waals surface area contributed by atoms with Crippen LogP contribution in [0, 0.1) is 0 Å². The molecular weight excluding hydrogens is 214 g/mol. The highest BCUT2D eigenvalue weighted by atomic mass is 16.5. The fraction of sp³-hybridized carbons (Fsp3) is 0.692. The molecule has 0 bridgehead atoms. The van der Waals surface area contributed by atoms with Crippen molar-refractivity contribution in [3.8, 4) is 5.88 Å². The smallest absolute Gasteiger partial charge is 0.232 e. The first-order chi connectivity index (χ1) is 8.26. The van der Waals surface area contributed by atoms with Crippen LogP contribution in [0.1, 0.15) is 51.6 Å². The van der Waals surface area contributed by atoms with E-state index in [2.05, 4.69) is 23.8 Å². The second-order valence-corrected chi connectivity index (χ2v) is 4.33. The summed E-state index contributed by atoms with van der Waals surface area (Å²) in [6, 6.07) is 0. The van der Waals surface area contributed by atoms with E-state index in [0.29, 0.717) is 12.4 Å². The Morgan fingerprint density at radius 3 is 2.82 bits per heavy atom. The van der Waals surface area contributed by atoms with E-state index in [1.54, 1.807) is 12.4 Å². The van der Waals surface area contributed by atoms with Crippen LogP contribution in [0.3, 0.4) is 0 Å². The maximum absolute atomic E-state index is 5.71. The van der Waals surface area contributed by atoms with Gasteiger partial charge in [0, 0.05) is 12.7 Å². The third-order valence-corrected chi connectivity index (χ3v) is 2.66. The standard InChI is InChI=1S/C13H23N3O/c1-3-4-5-6-7-11(2)17-13-10-15-9-12(8-14)16-13/h9-11H,3-8,14H2,1-2H3. The van der Waals surface area contributed by atoms with Crippen molar-refractivity contribution in [3.63, 3.8) is 0 Å². The Morgan fingerprint density at radius 2 is 2.12 bits per heavy atom. The molecule has 4 nitrogen and oxygen atoms in total. The topological polar surface area (TPSA) is 61.0 Å². The number of unbranched alkanes of at least 4 members (excludes halogenated alkanes) is 3. The van der Waals surface area contributed by atoms with Gasteiger partial charge >= 0.3 is 0 Å². The summed E-state index contributed by atoms with van der Waals surface area (Å²) in [4.78, 5) is 8.32. The van der Waals surface area contributed by atoms with E-state index >= 15 is 0 Å². The quantitative estimate of drug-likeness (QED) is 0.706. The van der Waals surface area contributed by atoms with Crippen LogP contribution in [0.5, 0.6) is 5.88 Å². The SMILES string of the molecule is CCCCCCC(C)Oc1cncc(CN)n1. The maximum Gasteiger partial charge on any atom is 0.232 e. The highest BCUT2D eigenvalue weighted by Gasteiger charge is 2.05. The summed E-state index contributed by atoms with van der Waals surface area (Å²) < 4.78 is 5.71. The fourth-order valence-electron chi connectivity index (χ4n) is 1.67. The van der Waals surface area contributed by atoms with Gasteiger partial charge in [0.05, 0.1) is 18.0 Å². The third-order valence-electron chi connectivity index (χ3n) is 2.66. The second-order valence-electron chi connectivity index (χ2n) is 4.33. The number of rotatable bonds is 8. The Morgan fingerprint density at radius 1 is 1.29 bits per heavy atom. The van der Waals surface area contributed by atoms with Crippen LogP contribution >= 0.6 is 0 Å². The fourth-order valence-corrected chi connectivity index (χ4v) is 1.67. The van der Waals surface area contributed by atoms with Gasteiger partial charge in [0.2, 0.25) is 5.88 Å². The van der Waals surface area contributed by atoms with Crippen molar-refractivity contribution in [3.05, 3.63) is 18.1 Å². The van der Waals surface area contributed by atoms with E-state index in [4.69, 9.17) is 10.5 Å². The van der Waals surface area contributed by atoms with E-state index in [0.717, 1.165) is 12.1 Å². The summed E-state index contributed by atoms with van der Waals surface area (Å²) in [6.07, 6.45) is 9.61.